The van der Waals surface area contributed by atoms with Gasteiger partial charge in [0.15, 0.2) is 11.5 Å². The number of nitrogens with zero attached hydrogens (tertiary/aromatic N) is 1. The predicted molar refractivity (Wildman–Crippen MR) is 119 cm³/mol. The number of rotatable bonds is 11. The van der Waals surface area contributed by atoms with E-state index in [0.717, 1.165) is 18.4 Å². The van der Waals surface area contributed by atoms with Crippen molar-refractivity contribution in [2.45, 2.75) is 39.5 Å². The van der Waals surface area contributed by atoms with E-state index in [0.29, 0.717) is 46.9 Å². The number of methoxy groups -OCH3 is 1. The maximum atomic E-state index is 12.7. The van der Waals surface area contributed by atoms with Crippen LogP contribution in [0.25, 0.3) is 6.08 Å². The summed E-state index contributed by atoms with van der Waals surface area (Å²) in [6.45, 7) is 5.59. The molecule has 8 heteroatoms. The molecule has 158 valence electrons. The minimum atomic E-state index is -0.296. The van der Waals surface area contributed by atoms with Gasteiger partial charge in [0.2, 0.25) is 0 Å². The lowest BCUT2D eigenvalue weighted by Gasteiger charge is -2.13. The molecule has 1 aliphatic rings. The van der Waals surface area contributed by atoms with Gasteiger partial charge in [-0.2, -0.15) is 0 Å². The summed E-state index contributed by atoms with van der Waals surface area (Å²) in [4.78, 5) is 26.0. The number of benzene rings is 1. The Bertz CT molecular complexity index is 778. The van der Waals surface area contributed by atoms with E-state index in [-0.39, 0.29) is 18.3 Å². The lowest BCUT2D eigenvalue weighted by molar-refractivity contribution is -0.141. The van der Waals surface area contributed by atoms with Crippen molar-refractivity contribution in [2.75, 3.05) is 26.9 Å². The molecule has 29 heavy (non-hydrogen) atoms. The molecule has 0 aliphatic carbocycles. The average Bonchev–Trinajstić information content (AvgIpc) is 2.97. The number of carbonyl (C=O) groups excluding carboxylic acids is 2. The van der Waals surface area contributed by atoms with Crippen molar-refractivity contribution < 1.29 is 23.8 Å². The molecule has 0 bridgehead atoms. The molecule has 1 fully saturated rings. The lowest BCUT2D eigenvalue weighted by Crippen LogP contribution is -2.29. The fourth-order valence-corrected chi connectivity index (χ4v) is 3.96. The summed E-state index contributed by atoms with van der Waals surface area (Å²) >= 11 is 6.59. The van der Waals surface area contributed by atoms with Gasteiger partial charge in [0.05, 0.1) is 25.2 Å². The summed E-state index contributed by atoms with van der Waals surface area (Å²) in [6.07, 6.45) is 4.60. The summed E-state index contributed by atoms with van der Waals surface area (Å²) in [5.74, 6) is 0.917. The topological polar surface area (TPSA) is 65.1 Å². The van der Waals surface area contributed by atoms with Crippen molar-refractivity contribution in [3.63, 3.8) is 0 Å². The first-order chi connectivity index (χ1) is 14.0. The third-order valence-corrected chi connectivity index (χ3v) is 5.56. The average molecular weight is 438 g/mol. The Hall–Kier alpha value is -2.06. The summed E-state index contributed by atoms with van der Waals surface area (Å²) in [5, 5.41) is 0. The van der Waals surface area contributed by atoms with Gasteiger partial charge in [-0.3, -0.25) is 14.5 Å². The van der Waals surface area contributed by atoms with E-state index in [4.69, 9.17) is 21.7 Å². The van der Waals surface area contributed by atoms with Crippen molar-refractivity contribution >= 4 is 46.3 Å². The zero-order chi connectivity index (χ0) is 21.2. The summed E-state index contributed by atoms with van der Waals surface area (Å²) < 4.78 is 16.6. The van der Waals surface area contributed by atoms with Crippen molar-refractivity contribution in [1.29, 1.82) is 0 Å². The van der Waals surface area contributed by atoms with E-state index in [1.165, 1.54) is 23.8 Å². The summed E-state index contributed by atoms with van der Waals surface area (Å²) in [6, 6.07) is 5.63. The van der Waals surface area contributed by atoms with Gasteiger partial charge >= 0.3 is 5.97 Å². The molecule has 6 nitrogen and oxygen atoms in total. The van der Waals surface area contributed by atoms with Gasteiger partial charge in [-0.25, -0.2) is 0 Å². The molecule has 0 N–H and O–H groups in total. The molecule has 1 saturated heterocycles. The highest BCUT2D eigenvalue weighted by Crippen LogP contribution is 2.35. The van der Waals surface area contributed by atoms with Gasteiger partial charge in [-0.1, -0.05) is 43.4 Å². The maximum Gasteiger partial charge on any atom is 0.305 e. The summed E-state index contributed by atoms with van der Waals surface area (Å²) in [7, 11) is 1.35. The zero-order valence-electron chi connectivity index (χ0n) is 17.1. The first-order valence-electron chi connectivity index (χ1n) is 9.72. The van der Waals surface area contributed by atoms with Gasteiger partial charge in [0, 0.05) is 13.0 Å². The number of hydrogen-bond acceptors (Lipinski definition) is 7. The van der Waals surface area contributed by atoms with Crippen LogP contribution in [0.3, 0.4) is 0 Å². The molecule has 0 unspecified atom stereocenters. The molecule has 2 rings (SSSR count). The molecular formula is C21H27NO5S2. The molecule has 0 aromatic heterocycles. The first-order valence-corrected chi connectivity index (χ1v) is 10.9. The molecule has 1 aliphatic heterocycles. The van der Waals surface area contributed by atoms with Crippen LogP contribution < -0.4 is 9.47 Å². The molecule has 1 aromatic rings. The van der Waals surface area contributed by atoms with Gasteiger partial charge in [0.1, 0.15) is 4.32 Å². The van der Waals surface area contributed by atoms with Crippen molar-refractivity contribution in [3.8, 4) is 11.5 Å². The van der Waals surface area contributed by atoms with Gasteiger partial charge in [0.25, 0.3) is 5.91 Å². The third kappa shape index (κ3) is 6.75. The normalized spacial score (nSPS) is 15.1. The second-order valence-electron chi connectivity index (χ2n) is 6.35. The van der Waals surface area contributed by atoms with Gasteiger partial charge in [-0.05, 0) is 43.5 Å². The van der Waals surface area contributed by atoms with E-state index in [1.54, 1.807) is 6.08 Å². The van der Waals surface area contributed by atoms with E-state index in [9.17, 15) is 9.59 Å². The first kappa shape index (κ1) is 23.2. The van der Waals surface area contributed by atoms with Crippen LogP contribution >= 0.6 is 24.0 Å². The standard InChI is InChI=1S/C21H27NO5S2/c1-4-6-12-27-16-10-9-15(13-17(16)26-5-2)14-18-20(24)22(21(28)29-18)11-7-8-19(23)25-3/h9-10,13-14H,4-8,11-12H2,1-3H3/b18-14-. The van der Waals surface area contributed by atoms with Crippen LogP contribution in [0.15, 0.2) is 23.1 Å². The molecule has 1 heterocycles. The fraction of sp³-hybridized carbons (Fsp3) is 0.476. The molecule has 0 saturated carbocycles. The van der Waals surface area contributed by atoms with E-state index >= 15 is 0 Å². The maximum absolute atomic E-state index is 12.7. The van der Waals surface area contributed by atoms with Crippen molar-refractivity contribution in [1.82, 2.24) is 4.90 Å². The van der Waals surface area contributed by atoms with Crippen LogP contribution in [0, 0.1) is 0 Å². The number of hydrogen-bond donors (Lipinski definition) is 0. The van der Waals surface area contributed by atoms with Crippen LogP contribution in [0.5, 0.6) is 11.5 Å². The highest BCUT2D eigenvalue weighted by molar-refractivity contribution is 8.26. The largest absolute Gasteiger partial charge is 0.490 e. The van der Waals surface area contributed by atoms with Crippen LogP contribution in [-0.2, 0) is 14.3 Å². The number of amides is 1. The van der Waals surface area contributed by atoms with Gasteiger partial charge in [-0.15, -0.1) is 0 Å². The Kier molecular flexibility index (Phi) is 9.47. The number of carbonyl (C=O) groups is 2. The molecule has 0 atom stereocenters. The Balaban J connectivity index is 2.10. The van der Waals surface area contributed by atoms with Crippen molar-refractivity contribution in [2.24, 2.45) is 0 Å². The van der Waals surface area contributed by atoms with Crippen LogP contribution in [-0.4, -0.2) is 48.0 Å². The third-order valence-electron chi connectivity index (χ3n) is 4.18. The van der Waals surface area contributed by atoms with Crippen LogP contribution in [0.4, 0.5) is 0 Å². The Morgan fingerprint density at radius 3 is 2.69 bits per heavy atom. The number of esters is 1. The van der Waals surface area contributed by atoms with E-state index in [2.05, 4.69) is 11.7 Å². The van der Waals surface area contributed by atoms with Crippen molar-refractivity contribution in [3.05, 3.63) is 28.7 Å². The van der Waals surface area contributed by atoms with E-state index < -0.39 is 0 Å². The number of unbranched alkanes of at least 4 members (excludes halogenated alkanes) is 1. The molecule has 0 radical (unpaired) electrons. The number of thioether (sulfide) groups is 1. The summed E-state index contributed by atoms with van der Waals surface area (Å²) in [5.41, 5.74) is 0.839. The molecule has 1 amide bonds. The lowest BCUT2D eigenvalue weighted by atomic mass is 10.1. The van der Waals surface area contributed by atoms with Gasteiger partial charge < -0.3 is 14.2 Å². The second-order valence-corrected chi connectivity index (χ2v) is 8.03. The van der Waals surface area contributed by atoms with Crippen LogP contribution in [0.2, 0.25) is 0 Å². The minimum absolute atomic E-state index is 0.147. The fourth-order valence-electron chi connectivity index (χ4n) is 2.66. The number of ether oxygens (including phenoxy) is 3. The number of thiocarbonyl (C=S) groups is 1. The smallest absolute Gasteiger partial charge is 0.305 e. The highest BCUT2D eigenvalue weighted by Gasteiger charge is 2.31. The SMILES string of the molecule is CCCCOc1ccc(/C=C2\SC(=S)N(CCCC(=O)OC)C2=O)cc1OCC. The Labute approximate surface area is 181 Å². The molecular weight excluding hydrogens is 410 g/mol. The molecule has 1 aromatic carbocycles. The van der Waals surface area contributed by atoms with E-state index in [1.807, 2.05) is 25.1 Å². The monoisotopic (exact) mass is 437 g/mol. The zero-order valence-corrected chi connectivity index (χ0v) is 18.7. The molecule has 0 spiro atoms. The Morgan fingerprint density at radius 2 is 2.00 bits per heavy atom. The van der Waals surface area contributed by atoms with Crippen LogP contribution in [0.1, 0.15) is 45.1 Å². The minimum Gasteiger partial charge on any atom is -0.490 e. The second kappa shape index (κ2) is 11.8. The quantitative estimate of drug-likeness (QED) is 0.220. The Morgan fingerprint density at radius 1 is 1.21 bits per heavy atom. The highest BCUT2D eigenvalue weighted by atomic mass is 32.2. The predicted octanol–water partition coefficient (Wildman–Crippen LogP) is 4.42.